The number of benzene rings is 1. The van der Waals surface area contributed by atoms with E-state index in [4.69, 9.17) is 28.9 Å². The summed E-state index contributed by atoms with van der Waals surface area (Å²) in [7, 11) is -3.80. The molecule has 0 aliphatic carbocycles. The van der Waals surface area contributed by atoms with Gasteiger partial charge >= 0.3 is 0 Å². The van der Waals surface area contributed by atoms with E-state index in [9.17, 15) is 8.42 Å². The summed E-state index contributed by atoms with van der Waals surface area (Å²) in [5, 5.41) is 4.23. The van der Waals surface area contributed by atoms with Crippen LogP contribution in [-0.4, -0.2) is 14.5 Å². The molecule has 0 amide bonds. The van der Waals surface area contributed by atoms with Gasteiger partial charge in [0.15, 0.2) is 0 Å². The molecule has 1 aromatic carbocycles. The van der Waals surface area contributed by atoms with Crippen molar-refractivity contribution in [1.29, 1.82) is 0 Å². The van der Waals surface area contributed by atoms with Crippen molar-refractivity contribution in [2.75, 3.05) is 5.73 Å². The minimum Gasteiger partial charge on any atom is -0.398 e. The van der Waals surface area contributed by atoms with Crippen molar-refractivity contribution < 1.29 is 8.42 Å². The van der Waals surface area contributed by atoms with Crippen molar-refractivity contribution in [3.8, 4) is 0 Å². The van der Waals surface area contributed by atoms with Gasteiger partial charge in [-0.1, -0.05) is 23.2 Å². The lowest BCUT2D eigenvalue weighted by Gasteiger charge is -2.16. The van der Waals surface area contributed by atoms with Crippen LogP contribution in [0, 0.1) is 0 Å². The fourth-order valence-electron chi connectivity index (χ4n) is 1.99. The van der Waals surface area contributed by atoms with E-state index in [1.54, 1.807) is 18.3 Å². The standard InChI is InChI=1S/C13H14Cl2N2O2S2/c1-8(4-9-2-3-20-7-9)17-21(18,19)13-11(15)5-10(14)6-12(13)16/h2-3,5-8,17H,4,16H2,1H3. The summed E-state index contributed by atoms with van der Waals surface area (Å²) in [6.07, 6.45) is 0.591. The predicted molar refractivity (Wildman–Crippen MR) is 88.7 cm³/mol. The molecule has 4 nitrogen and oxygen atoms in total. The Bertz CT molecular complexity index is 708. The van der Waals surface area contributed by atoms with E-state index in [0.29, 0.717) is 11.4 Å². The summed E-state index contributed by atoms with van der Waals surface area (Å²) in [6.45, 7) is 1.79. The Kier molecular flexibility index (Phi) is 5.16. The van der Waals surface area contributed by atoms with E-state index in [2.05, 4.69) is 4.72 Å². The first kappa shape index (κ1) is 16.6. The number of sulfonamides is 1. The number of nitrogens with one attached hydrogen (secondary N) is 1. The zero-order chi connectivity index (χ0) is 15.6. The predicted octanol–water partition coefficient (Wildman–Crippen LogP) is 3.55. The van der Waals surface area contributed by atoms with E-state index in [0.717, 1.165) is 5.56 Å². The molecular formula is C13H14Cl2N2O2S2. The number of nitrogens with two attached hydrogens (primary N) is 1. The first-order chi connectivity index (χ1) is 9.79. The van der Waals surface area contributed by atoms with Gasteiger partial charge in [-0.15, -0.1) is 0 Å². The summed E-state index contributed by atoms with van der Waals surface area (Å²) >= 11 is 13.3. The van der Waals surface area contributed by atoms with Crippen LogP contribution in [0.4, 0.5) is 5.69 Å². The molecule has 0 aliphatic rings. The number of halogens is 2. The van der Waals surface area contributed by atoms with Crippen LogP contribution in [0.15, 0.2) is 33.9 Å². The highest BCUT2D eigenvalue weighted by molar-refractivity contribution is 7.89. The summed E-state index contributed by atoms with van der Waals surface area (Å²) in [6, 6.07) is 4.40. The van der Waals surface area contributed by atoms with Crippen LogP contribution >= 0.6 is 34.5 Å². The SMILES string of the molecule is CC(Cc1ccsc1)NS(=O)(=O)c1c(N)cc(Cl)cc1Cl. The third-order valence-electron chi connectivity index (χ3n) is 2.78. The number of rotatable bonds is 5. The Balaban J connectivity index is 2.22. The number of nitrogen functional groups attached to an aromatic ring is 1. The molecule has 1 aromatic heterocycles. The number of anilines is 1. The Morgan fingerprint density at radius 2 is 2.10 bits per heavy atom. The molecule has 0 aliphatic heterocycles. The molecule has 0 saturated carbocycles. The van der Waals surface area contributed by atoms with Gasteiger partial charge in [0.1, 0.15) is 4.90 Å². The molecule has 0 saturated heterocycles. The number of hydrogen-bond acceptors (Lipinski definition) is 4. The fourth-order valence-corrected chi connectivity index (χ4v) is 4.90. The topological polar surface area (TPSA) is 72.2 Å². The largest absolute Gasteiger partial charge is 0.398 e. The van der Waals surface area contributed by atoms with Gasteiger partial charge in [0.2, 0.25) is 10.0 Å². The Labute approximate surface area is 137 Å². The minimum absolute atomic E-state index is 0.00948. The molecule has 0 spiro atoms. The molecule has 0 radical (unpaired) electrons. The van der Waals surface area contributed by atoms with Crippen molar-refractivity contribution in [3.63, 3.8) is 0 Å². The second kappa shape index (κ2) is 6.54. The third-order valence-corrected chi connectivity index (χ3v) is 5.85. The Morgan fingerprint density at radius 1 is 1.38 bits per heavy atom. The average Bonchev–Trinajstić information content (AvgIpc) is 2.78. The minimum atomic E-state index is -3.80. The summed E-state index contributed by atoms with van der Waals surface area (Å²) in [5.41, 5.74) is 6.84. The van der Waals surface area contributed by atoms with E-state index < -0.39 is 10.0 Å². The van der Waals surface area contributed by atoms with E-state index in [1.807, 2.05) is 16.8 Å². The van der Waals surface area contributed by atoms with Gasteiger partial charge < -0.3 is 5.73 Å². The maximum absolute atomic E-state index is 12.4. The summed E-state index contributed by atoms with van der Waals surface area (Å²) in [4.78, 5) is -0.134. The molecule has 0 bridgehead atoms. The van der Waals surface area contributed by atoms with Crippen molar-refractivity contribution >= 4 is 50.2 Å². The van der Waals surface area contributed by atoms with Crippen LogP contribution in [0.1, 0.15) is 12.5 Å². The van der Waals surface area contributed by atoms with Crippen LogP contribution in [0.5, 0.6) is 0 Å². The first-order valence-corrected chi connectivity index (χ1v) is 9.25. The zero-order valence-corrected chi connectivity index (χ0v) is 14.3. The van der Waals surface area contributed by atoms with Crippen LogP contribution in [-0.2, 0) is 16.4 Å². The molecule has 1 atom stereocenters. The Morgan fingerprint density at radius 3 is 2.67 bits per heavy atom. The van der Waals surface area contributed by atoms with E-state index in [-0.39, 0.29) is 21.6 Å². The second-order valence-electron chi connectivity index (χ2n) is 4.66. The highest BCUT2D eigenvalue weighted by atomic mass is 35.5. The van der Waals surface area contributed by atoms with Crippen molar-refractivity contribution in [2.24, 2.45) is 0 Å². The molecular weight excluding hydrogens is 351 g/mol. The lowest BCUT2D eigenvalue weighted by molar-refractivity contribution is 0.560. The van der Waals surface area contributed by atoms with Gasteiger partial charge in [-0.05, 0) is 47.9 Å². The lowest BCUT2D eigenvalue weighted by atomic mass is 10.1. The fraction of sp³-hybridized carbons (Fsp3) is 0.231. The van der Waals surface area contributed by atoms with E-state index in [1.165, 1.54) is 12.1 Å². The van der Waals surface area contributed by atoms with Crippen LogP contribution < -0.4 is 10.5 Å². The van der Waals surface area contributed by atoms with Crippen molar-refractivity contribution in [1.82, 2.24) is 4.72 Å². The zero-order valence-electron chi connectivity index (χ0n) is 11.1. The maximum atomic E-state index is 12.4. The number of hydrogen-bond donors (Lipinski definition) is 2. The van der Waals surface area contributed by atoms with Crippen molar-refractivity contribution in [2.45, 2.75) is 24.3 Å². The van der Waals surface area contributed by atoms with Crippen LogP contribution in [0.2, 0.25) is 10.0 Å². The number of thiophene rings is 1. The normalized spacial score (nSPS) is 13.3. The molecule has 21 heavy (non-hydrogen) atoms. The lowest BCUT2D eigenvalue weighted by Crippen LogP contribution is -2.34. The van der Waals surface area contributed by atoms with Crippen LogP contribution in [0.25, 0.3) is 0 Å². The summed E-state index contributed by atoms with van der Waals surface area (Å²) < 4.78 is 27.4. The van der Waals surface area contributed by atoms with Gasteiger partial charge in [0, 0.05) is 11.1 Å². The molecule has 1 heterocycles. The molecule has 2 aromatic rings. The summed E-state index contributed by atoms with van der Waals surface area (Å²) in [5.74, 6) is 0. The Hall–Kier alpha value is -0.790. The molecule has 3 N–H and O–H groups in total. The van der Waals surface area contributed by atoms with Gasteiger partial charge in [-0.25, -0.2) is 13.1 Å². The smallest absolute Gasteiger partial charge is 0.244 e. The van der Waals surface area contributed by atoms with Gasteiger partial charge in [-0.2, -0.15) is 11.3 Å². The van der Waals surface area contributed by atoms with E-state index >= 15 is 0 Å². The highest BCUT2D eigenvalue weighted by Gasteiger charge is 2.24. The highest BCUT2D eigenvalue weighted by Crippen LogP contribution is 2.31. The third kappa shape index (κ3) is 4.11. The maximum Gasteiger partial charge on any atom is 0.244 e. The average molecular weight is 365 g/mol. The quantitative estimate of drug-likeness (QED) is 0.796. The first-order valence-electron chi connectivity index (χ1n) is 6.07. The second-order valence-corrected chi connectivity index (χ2v) is 7.94. The van der Waals surface area contributed by atoms with Gasteiger partial charge in [-0.3, -0.25) is 0 Å². The molecule has 0 fully saturated rings. The molecule has 2 rings (SSSR count). The monoisotopic (exact) mass is 364 g/mol. The van der Waals surface area contributed by atoms with Crippen molar-refractivity contribution in [3.05, 3.63) is 44.6 Å². The van der Waals surface area contributed by atoms with Crippen LogP contribution in [0.3, 0.4) is 0 Å². The molecule has 1 unspecified atom stereocenters. The molecule has 8 heteroatoms. The van der Waals surface area contributed by atoms with Gasteiger partial charge in [0.05, 0.1) is 10.7 Å². The van der Waals surface area contributed by atoms with Gasteiger partial charge in [0.25, 0.3) is 0 Å². The molecule has 114 valence electrons.